The maximum absolute atomic E-state index is 15.0. The van der Waals surface area contributed by atoms with Gasteiger partial charge in [-0.15, -0.1) is 0 Å². The lowest BCUT2D eigenvalue weighted by Crippen LogP contribution is -1.90. The standard InChI is InChI=1S/C24H19F/c1-2-17-15-19-11-6-7-12-21(22(19)16-17)24-20(13-8-14-23(24)25)18-9-4-3-5-10-18/h3-16H,2H2,1H3. The van der Waals surface area contributed by atoms with Gasteiger partial charge in [0.25, 0.3) is 0 Å². The van der Waals surface area contributed by atoms with Gasteiger partial charge < -0.3 is 0 Å². The van der Waals surface area contributed by atoms with Crippen molar-refractivity contribution in [3.63, 3.8) is 0 Å². The van der Waals surface area contributed by atoms with E-state index < -0.39 is 0 Å². The van der Waals surface area contributed by atoms with Crippen molar-refractivity contribution in [1.82, 2.24) is 0 Å². The molecule has 0 radical (unpaired) electrons. The van der Waals surface area contributed by atoms with Crippen molar-refractivity contribution >= 4 is 0 Å². The molecule has 25 heavy (non-hydrogen) atoms. The van der Waals surface area contributed by atoms with Crippen LogP contribution in [0.2, 0.25) is 0 Å². The SMILES string of the molecule is CCc1cc2ccccc(-c3c(F)cccc3-c3ccccc3)c-2c1. The molecule has 122 valence electrons. The summed E-state index contributed by atoms with van der Waals surface area (Å²) < 4.78 is 15.0. The molecule has 0 fully saturated rings. The Hall–Kier alpha value is -2.93. The molecule has 2 aliphatic carbocycles. The molecule has 0 spiro atoms. The average Bonchev–Trinajstić information content (AvgIpc) is 2.97. The third kappa shape index (κ3) is 2.83. The Labute approximate surface area is 147 Å². The Bertz CT molecular complexity index is 986. The van der Waals surface area contributed by atoms with E-state index in [4.69, 9.17) is 0 Å². The molecule has 0 aromatic heterocycles. The second kappa shape index (κ2) is 6.52. The molecular formula is C24H19F. The van der Waals surface area contributed by atoms with Crippen LogP contribution in [-0.2, 0) is 6.42 Å². The summed E-state index contributed by atoms with van der Waals surface area (Å²) in [4.78, 5) is 0. The Kier molecular flexibility index (Phi) is 4.07. The van der Waals surface area contributed by atoms with Gasteiger partial charge in [-0.1, -0.05) is 85.8 Å². The number of aryl methyl sites for hydroxylation is 1. The Morgan fingerprint density at radius 3 is 2.12 bits per heavy atom. The van der Waals surface area contributed by atoms with Crippen LogP contribution < -0.4 is 0 Å². The highest BCUT2D eigenvalue weighted by atomic mass is 19.1. The number of halogens is 1. The van der Waals surface area contributed by atoms with Gasteiger partial charge in [-0.05, 0) is 45.9 Å². The quantitative estimate of drug-likeness (QED) is 0.387. The van der Waals surface area contributed by atoms with Gasteiger partial charge >= 0.3 is 0 Å². The molecule has 0 heterocycles. The summed E-state index contributed by atoms with van der Waals surface area (Å²) in [6, 6.07) is 27.8. The number of hydrogen-bond acceptors (Lipinski definition) is 0. The number of rotatable bonds is 3. The number of fused-ring (bicyclic) bond motifs is 1. The van der Waals surface area contributed by atoms with Crippen LogP contribution in [0.3, 0.4) is 0 Å². The fourth-order valence-corrected chi connectivity index (χ4v) is 3.44. The van der Waals surface area contributed by atoms with E-state index in [1.165, 1.54) is 5.56 Å². The van der Waals surface area contributed by atoms with E-state index in [9.17, 15) is 4.39 Å². The maximum atomic E-state index is 15.0. The molecule has 2 aromatic rings. The second-order valence-electron chi connectivity index (χ2n) is 6.25. The molecule has 0 N–H and O–H groups in total. The topological polar surface area (TPSA) is 0 Å². The third-order valence-electron chi connectivity index (χ3n) is 4.70. The molecule has 2 aliphatic rings. The molecule has 0 nitrogen and oxygen atoms in total. The predicted molar refractivity (Wildman–Crippen MR) is 103 cm³/mol. The van der Waals surface area contributed by atoms with Crippen molar-refractivity contribution in [2.75, 3.05) is 0 Å². The van der Waals surface area contributed by atoms with Crippen LogP contribution in [-0.4, -0.2) is 0 Å². The lowest BCUT2D eigenvalue weighted by molar-refractivity contribution is 0.632. The van der Waals surface area contributed by atoms with Gasteiger partial charge in [-0.25, -0.2) is 4.39 Å². The molecule has 2 aromatic carbocycles. The van der Waals surface area contributed by atoms with E-state index in [1.54, 1.807) is 12.1 Å². The molecule has 0 saturated heterocycles. The van der Waals surface area contributed by atoms with E-state index in [-0.39, 0.29) is 5.82 Å². The van der Waals surface area contributed by atoms with Crippen LogP contribution in [0, 0.1) is 5.82 Å². The second-order valence-corrected chi connectivity index (χ2v) is 6.25. The normalized spacial score (nSPS) is 11.0. The van der Waals surface area contributed by atoms with Gasteiger partial charge in [-0.2, -0.15) is 0 Å². The van der Waals surface area contributed by atoms with Crippen molar-refractivity contribution in [1.29, 1.82) is 0 Å². The third-order valence-corrected chi connectivity index (χ3v) is 4.70. The molecule has 1 heteroatoms. The number of hydrogen-bond donors (Lipinski definition) is 0. The summed E-state index contributed by atoms with van der Waals surface area (Å²) in [5, 5.41) is 0. The van der Waals surface area contributed by atoms with Gasteiger partial charge in [0.1, 0.15) is 5.82 Å². The number of benzene rings is 2. The minimum atomic E-state index is -0.187. The summed E-state index contributed by atoms with van der Waals surface area (Å²) in [6.07, 6.45) is 0.973. The highest BCUT2D eigenvalue weighted by molar-refractivity contribution is 5.92. The molecule has 4 rings (SSSR count). The van der Waals surface area contributed by atoms with E-state index >= 15 is 0 Å². The van der Waals surface area contributed by atoms with Crippen molar-refractivity contribution in [2.45, 2.75) is 13.3 Å². The van der Waals surface area contributed by atoms with Crippen LogP contribution in [0.1, 0.15) is 12.5 Å². The van der Waals surface area contributed by atoms with Crippen LogP contribution in [0.5, 0.6) is 0 Å². The van der Waals surface area contributed by atoms with Crippen molar-refractivity contribution in [2.24, 2.45) is 0 Å². The van der Waals surface area contributed by atoms with Crippen LogP contribution >= 0.6 is 0 Å². The van der Waals surface area contributed by atoms with E-state index in [0.29, 0.717) is 5.56 Å². The van der Waals surface area contributed by atoms with Crippen molar-refractivity contribution in [3.8, 4) is 33.4 Å². The molecule has 0 saturated carbocycles. The zero-order chi connectivity index (χ0) is 17.2. The lowest BCUT2D eigenvalue weighted by Gasteiger charge is -2.13. The largest absolute Gasteiger partial charge is 0.206 e. The monoisotopic (exact) mass is 326 g/mol. The Morgan fingerprint density at radius 1 is 0.640 bits per heavy atom. The summed E-state index contributed by atoms with van der Waals surface area (Å²) in [5.41, 5.74) is 7.09. The van der Waals surface area contributed by atoms with Gasteiger partial charge in [0, 0.05) is 5.56 Å². The molecule has 0 bridgehead atoms. The fourth-order valence-electron chi connectivity index (χ4n) is 3.44. The van der Waals surface area contributed by atoms with Gasteiger partial charge in [0.05, 0.1) is 0 Å². The molecule has 0 atom stereocenters. The Balaban J connectivity index is 2.03. The summed E-state index contributed by atoms with van der Waals surface area (Å²) in [5.74, 6) is -0.187. The maximum Gasteiger partial charge on any atom is 0.131 e. The minimum Gasteiger partial charge on any atom is -0.206 e. The van der Waals surface area contributed by atoms with Crippen molar-refractivity contribution in [3.05, 3.63) is 96.3 Å². The highest BCUT2D eigenvalue weighted by Crippen LogP contribution is 2.41. The molecule has 0 unspecified atom stereocenters. The average molecular weight is 326 g/mol. The molecule has 0 amide bonds. The smallest absolute Gasteiger partial charge is 0.131 e. The van der Waals surface area contributed by atoms with Crippen molar-refractivity contribution < 1.29 is 4.39 Å². The van der Waals surface area contributed by atoms with Crippen LogP contribution in [0.15, 0.2) is 84.9 Å². The first-order valence-electron chi connectivity index (χ1n) is 8.64. The van der Waals surface area contributed by atoms with Crippen LogP contribution in [0.25, 0.3) is 33.4 Å². The van der Waals surface area contributed by atoms with E-state index in [2.05, 4.69) is 25.1 Å². The summed E-state index contributed by atoms with van der Waals surface area (Å²) >= 11 is 0. The minimum absolute atomic E-state index is 0.187. The summed E-state index contributed by atoms with van der Waals surface area (Å²) in [7, 11) is 0. The highest BCUT2D eigenvalue weighted by Gasteiger charge is 2.17. The first-order chi connectivity index (χ1) is 12.3. The zero-order valence-corrected chi connectivity index (χ0v) is 14.2. The Morgan fingerprint density at radius 2 is 1.32 bits per heavy atom. The molecular weight excluding hydrogens is 307 g/mol. The van der Waals surface area contributed by atoms with Crippen LogP contribution in [0.4, 0.5) is 4.39 Å². The van der Waals surface area contributed by atoms with E-state index in [0.717, 1.165) is 34.2 Å². The van der Waals surface area contributed by atoms with Gasteiger partial charge in [0.2, 0.25) is 0 Å². The zero-order valence-electron chi connectivity index (χ0n) is 14.2. The summed E-state index contributed by atoms with van der Waals surface area (Å²) in [6.45, 7) is 2.15. The lowest BCUT2D eigenvalue weighted by atomic mass is 9.91. The first-order valence-corrected chi connectivity index (χ1v) is 8.64. The molecule has 0 aliphatic heterocycles. The van der Waals surface area contributed by atoms with E-state index in [1.807, 2.05) is 54.6 Å². The first kappa shape index (κ1) is 15.6. The predicted octanol–water partition coefficient (Wildman–Crippen LogP) is 6.83. The van der Waals surface area contributed by atoms with Gasteiger partial charge in [-0.3, -0.25) is 0 Å². The van der Waals surface area contributed by atoms with Gasteiger partial charge in [0.15, 0.2) is 0 Å². The fraction of sp³-hybridized carbons (Fsp3) is 0.0833.